The number of hydrogen-bond donors (Lipinski definition) is 1. The van der Waals surface area contributed by atoms with E-state index < -0.39 is 0 Å². The van der Waals surface area contributed by atoms with Crippen LogP contribution in [-0.2, 0) is 0 Å². The van der Waals surface area contributed by atoms with Crippen molar-refractivity contribution in [2.24, 2.45) is 0 Å². The van der Waals surface area contributed by atoms with E-state index in [9.17, 15) is 0 Å². The number of para-hydroxylation sites is 1. The lowest BCUT2D eigenvalue weighted by atomic mass is 10.0. The first-order valence-corrected chi connectivity index (χ1v) is 11.9. The second-order valence-corrected chi connectivity index (χ2v) is 8.96. The third kappa shape index (κ3) is 4.68. The zero-order chi connectivity index (χ0) is 23.5. The molecule has 6 heteroatoms. The molecular weight excluding hydrogens is 422 g/mol. The molecule has 0 bridgehead atoms. The molecule has 3 aromatic carbocycles. The minimum atomic E-state index is 0.593. The number of anilines is 3. The first-order valence-electron chi connectivity index (χ1n) is 11.9. The van der Waals surface area contributed by atoms with Crippen LogP contribution in [0.25, 0.3) is 22.0 Å². The van der Waals surface area contributed by atoms with E-state index in [1.54, 1.807) is 7.11 Å². The Morgan fingerprint density at radius 1 is 0.912 bits per heavy atom. The number of piperazine rings is 1. The average Bonchev–Trinajstić information content (AvgIpc) is 2.88. The van der Waals surface area contributed by atoms with Gasteiger partial charge in [-0.3, -0.25) is 4.90 Å². The van der Waals surface area contributed by atoms with Gasteiger partial charge in [0.15, 0.2) is 0 Å². The first kappa shape index (κ1) is 22.2. The number of methoxy groups -OCH3 is 1. The van der Waals surface area contributed by atoms with Gasteiger partial charge in [0.05, 0.1) is 12.6 Å². The van der Waals surface area contributed by atoms with Crippen LogP contribution in [0, 0.1) is 0 Å². The Labute approximate surface area is 201 Å². The van der Waals surface area contributed by atoms with E-state index in [1.165, 1.54) is 5.69 Å². The smallest absolute Gasteiger partial charge is 0.227 e. The molecule has 5 rings (SSSR count). The summed E-state index contributed by atoms with van der Waals surface area (Å²) in [7, 11) is 1.68. The van der Waals surface area contributed by atoms with Gasteiger partial charge in [-0.05, 0) is 49.7 Å². The summed E-state index contributed by atoms with van der Waals surface area (Å²) in [6.07, 6.45) is 1.88. The number of fused-ring (bicyclic) bond motifs is 1. The molecule has 0 aliphatic carbocycles. The minimum Gasteiger partial charge on any atom is -0.497 e. The second-order valence-electron chi connectivity index (χ2n) is 8.96. The summed E-state index contributed by atoms with van der Waals surface area (Å²) in [5.74, 6) is 1.43. The van der Waals surface area contributed by atoms with Gasteiger partial charge in [-0.25, -0.2) is 9.97 Å². The fraction of sp³-hybridized carbons (Fsp3) is 0.286. The van der Waals surface area contributed by atoms with E-state index in [0.717, 1.165) is 59.6 Å². The Bertz CT molecular complexity index is 1260. The quantitative estimate of drug-likeness (QED) is 0.411. The highest BCUT2D eigenvalue weighted by molar-refractivity contribution is 5.94. The van der Waals surface area contributed by atoms with Crippen LogP contribution in [0.1, 0.15) is 13.8 Å². The van der Waals surface area contributed by atoms with Crippen molar-refractivity contribution in [3.8, 4) is 16.9 Å². The maximum Gasteiger partial charge on any atom is 0.227 e. The Kier molecular flexibility index (Phi) is 6.32. The van der Waals surface area contributed by atoms with E-state index in [2.05, 4.69) is 76.4 Å². The van der Waals surface area contributed by atoms with Gasteiger partial charge in [0.25, 0.3) is 0 Å². The third-order valence-electron chi connectivity index (χ3n) is 6.52. The largest absolute Gasteiger partial charge is 0.497 e. The molecule has 0 atom stereocenters. The van der Waals surface area contributed by atoms with Crippen molar-refractivity contribution in [2.75, 3.05) is 43.5 Å². The average molecular weight is 454 g/mol. The Morgan fingerprint density at radius 3 is 2.41 bits per heavy atom. The standard InChI is InChI=1S/C28H31N5O/c1-20(2)32-14-16-33(17-15-32)24-8-5-7-23(18-24)30-28-29-19-22-6-4-9-26(27(22)31-28)21-10-12-25(34-3)13-11-21/h4-13,18-20H,14-17H2,1-3H3,(H,29,30,31). The zero-order valence-electron chi connectivity index (χ0n) is 20.0. The molecule has 0 unspecified atom stereocenters. The van der Waals surface area contributed by atoms with E-state index >= 15 is 0 Å². The molecule has 1 aromatic heterocycles. The lowest BCUT2D eigenvalue weighted by molar-refractivity contribution is 0.209. The van der Waals surface area contributed by atoms with Gasteiger partial charge < -0.3 is 15.0 Å². The summed E-state index contributed by atoms with van der Waals surface area (Å²) in [5.41, 5.74) is 5.31. The molecule has 2 heterocycles. The number of nitrogens with one attached hydrogen (secondary N) is 1. The number of nitrogens with zero attached hydrogens (tertiary/aromatic N) is 4. The molecule has 0 saturated carbocycles. The van der Waals surface area contributed by atoms with Crippen molar-refractivity contribution in [3.05, 3.63) is 72.9 Å². The predicted molar refractivity (Wildman–Crippen MR) is 140 cm³/mol. The molecule has 1 saturated heterocycles. The maximum absolute atomic E-state index is 5.31. The van der Waals surface area contributed by atoms with Gasteiger partial charge >= 0.3 is 0 Å². The van der Waals surface area contributed by atoms with Crippen LogP contribution in [-0.4, -0.2) is 54.2 Å². The van der Waals surface area contributed by atoms with Crippen LogP contribution in [0.4, 0.5) is 17.3 Å². The number of aromatic nitrogens is 2. The minimum absolute atomic E-state index is 0.593. The molecule has 1 N–H and O–H groups in total. The molecule has 0 amide bonds. The van der Waals surface area contributed by atoms with Crippen molar-refractivity contribution in [3.63, 3.8) is 0 Å². The number of benzene rings is 3. The van der Waals surface area contributed by atoms with E-state index in [1.807, 2.05) is 30.5 Å². The number of rotatable bonds is 6. The van der Waals surface area contributed by atoms with Gasteiger partial charge in [-0.2, -0.15) is 0 Å². The SMILES string of the molecule is COc1ccc(-c2cccc3cnc(Nc4cccc(N5CCN(C(C)C)CC5)c4)nc23)cc1. The van der Waals surface area contributed by atoms with Gasteiger partial charge in [0.1, 0.15) is 5.75 Å². The summed E-state index contributed by atoms with van der Waals surface area (Å²) in [5, 5.41) is 4.43. The summed E-state index contributed by atoms with van der Waals surface area (Å²) < 4.78 is 5.31. The van der Waals surface area contributed by atoms with Crippen LogP contribution >= 0.6 is 0 Å². The van der Waals surface area contributed by atoms with Crippen molar-refractivity contribution in [2.45, 2.75) is 19.9 Å². The Balaban J connectivity index is 1.38. The predicted octanol–water partition coefficient (Wildman–Crippen LogP) is 5.58. The van der Waals surface area contributed by atoms with Gasteiger partial charge in [-0.15, -0.1) is 0 Å². The highest BCUT2D eigenvalue weighted by Gasteiger charge is 2.19. The molecule has 6 nitrogen and oxygen atoms in total. The van der Waals surface area contributed by atoms with Crippen LogP contribution in [0.2, 0.25) is 0 Å². The fourth-order valence-electron chi connectivity index (χ4n) is 4.53. The van der Waals surface area contributed by atoms with Crippen molar-refractivity contribution in [1.82, 2.24) is 14.9 Å². The van der Waals surface area contributed by atoms with Gasteiger partial charge in [0, 0.05) is 60.7 Å². The fourth-order valence-corrected chi connectivity index (χ4v) is 4.53. The van der Waals surface area contributed by atoms with Crippen molar-refractivity contribution in [1.29, 1.82) is 0 Å². The second kappa shape index (κ2) is 9.69. The summed E-state index contributed by atoms with van der Waals surface area (Å²) in [4.78, 5) is 14.4. The van der Waals surface area contributed by atoms with E-state index in [-0.39, 0.29) is 0 Å². The number of ether oxygens (including phenoxy) is 1. The van der Waals surface area contributed by atoms with Crippen LogP contribution in [0.3, 0.4) is 0 Å². The van der Waals surface area contributed by atoms with E-state index in [4.69, 9.17) is 9.72 Å². The normalized spacial score (nSPS) is 14.5. The molecule has 1 aliphatic heterocycles. The summed E-state index contributed by atoms with van der Waals surface area (Å²) in [6.45, 7) is 8.81. The molecule has 1 aliphatic rings. The van der Waals surface area contributed by atoms with Crippen molar-refractivity contribution < 1.29 is 4.74 Å². The van der Waals surface area contributed by atoms with E-state index in [0.29, 0.717) is 12.0 Å². The lowest BCUT2D eigenvalue weighted by Crippen LogP contribution is -2.48. The lowest BCUT2D eigenvalue weighted by Gasteiger charge is -2.38. The Hall–Kier alpha value is -3.64. The highest BCUT2D eigenvalue weighted by Crippen LogP contribution is 2.30. The van der Waals surface area contributed by atoms with Crippen LogP contribution in [0.15, 0.2) is 72.9 Å². The van der Waals surface area contributed by atoms with Crippen LogP contribution < -0.4 is 15.0 Å². The van der Waals surface area contributed by atoms with Crippen molar-refractivity contribution >= 4 is 28.2 Å². The monoisotopic (exact) mass is 453 g/mol. The molecule has 174 valence electrons. The third-order valence-corrected chi connectivity index (χ3v) is 6.52. The number of hydrogen-bond acceptors (Lipinski definition) is 6. The zero-order valence-corrected chi connectivity index (χ0v) is 20.0. The molecule has 0 radical (unpaired) electrons. The van der Waals surface area contributed by atoms with Crippen LogP contribution in [0.5, 0.6) is 5.75 Å². The summed E-state index contributed by atoms with van der Waals surface area (Å²) >= 11 is 0. The van der Waals surface area contributed by atoms with Gasteiger partial charge in [-0.1, -0.05) is 36.4 Å². The van der Waals surface area contributed by atoms with Gasteiger partial charge in [0.2, 0.25) is 5.95 Å². The summed E-state index contributed by atoms with van der Waals surface area (Å²) in [6, 6.07) is 23.4. The maximum atomic E-state index is 5.31. The highest BCUT2D eigenvalue weighted by atomic mass is 16.5. The Morgan fingerprint density at radius 2 is 1.68 bits per heavy atom. The molecule has 1 fully saturated rings. The topological polar surface area (TPSA) is 53.5 Å². The molecule has 0 spiro atoms. The molecular formula is C28H31N5O. The molecule has 4 aromatic rings. The first-order chi connectivity index (χ1) is 16.6. The molecule has 34 heavy (non-hydrogen) atoms.